The van der Waals surface area contributed by atoms with Gasteiger partial charge in [-0.05, 0) is 17.7 Å². The molecule has 0 amide bonds. The van der Waals surface area contributed by atoms with E-state index < -0.39 is 4.92 Å². The van der Waals surface area contributed by atoms with E-state index in [0.29, 0.717) is 12.1 Å². The van der Waals surface area contributed by atoms with E-state index in [1.807, 2.05) is 0 Å². The van der Waals surface area contributed by atoms with Gasteiger partial charge in [0, 0.05) is 50.8 Å². The molecule has 0 saturated carbocycles. The number of carbonyl (C=O) groups excluding carboxylic acids is 1. The maximum Gasteiger partial charge on any atom is 0.273 e. The Morgan fingerprint density at radius 2 is 1.55 bits per heavy atom. The van der Waals surface area contributed by atoms with Gasteiger partial charge in [0.25, 0.3) is 5.69 Å². The van der Waals surface area contributed by atoms with Gasteiger partial charge in [-0.15, -0.1) is 24.8 Å². The standard InChI is InChI=1S/C20H22FN3O3.2ClH/c21-18-7-5-16(6-8-18)14-22-9-11-23(12-10-22)15-19(25)13-17-3-1-2-4-20(17)24(26)27;;/h1-8H,9-15H2;2*1H. The number of benzene rings is 2. The molecule has 2 aromatic rings. The number of hydrogen-bond acceptors (Lipinski definition) is 5. The van der Waals surface area contributed by atoms with Gasteiger partial charge in [0.15, 0.2) is 5.78 Å². The molecule has 3 rings (SSSR count). The van der Waals surface area contributed by atoms with Crippen LogP contribution in [0.2, 0.25) is 0 Å². The summed E-state index contributed by atoms with van der Waals surface area (Å²) in [6.45, 7) is 4.26. The molecule has 0 radical (unpaired) electrons. The van der Waals surface area contributed by atoms with Gasteiger partial charge in [-0.1, -0.05) is 30.3 Å². The summed E-state index contributed by atoms with van der Waals surface area (Å²) < 4.78 is 13.0. The van der Waals surface area contributed by atoms with Crippen LogP contribution >= 0.6 is 24.8 Å². The van der Waals surface area contributed by atoms with Crippen LogP contribution in [0.4, 0.5) is 10.1 Å². The summed E-state index contributed by atoms with van der Waals surface area (Å²) in [6.07, 6.45) is 0.0763. The third-order valence-corrected chi connectivity index (χ3v) is 4.76. The van der Waals surface area contributed by atoms with Crippen molar-refractivity contribution in [1.82, 2.24) is 9.80 Å². The fourth-order valence-electron chi connectivity index (χ4n) is 3.31. The Kier molecular flexibility index (Phi) is 10.2. The van der Waals surface area contributed by atoms with Crippen LogP contribution in [0.15, 0.2) is 48.5 Å². The first-order valence-corrected chi connectivity index (χ1v) is 8.94. The van der Waals surface area contributed by atoms with Gasteiger partial charge in [0.1, 0.15) is 5.82 Å². The Bertz CT molecular complexity index is 813. The van der Waals surface area contributed by atoms with Crippen LogP contribution in [0.3, 0.4) is 0 Å². The van der Waals surface area contributed by atoms with Gasteiger partial charge >= 0.3 is 0 Å². The Morgan fingerprint density at radius 3 is 2.17 bits per heavy atom. The number of Topliss-reactive ketones (excluding diaryl/α,β-unsaturated/α-hetero) is 1. The molecule has 1 heterocycles. The molecule has 29 heavy (non-hydrogen) atoms. The lowest BCUT2D eigenvalue weighted by Gasteiger charge is -2.34. The minimum atomic E-state index is -0.448. The lowest BCUT2D eigenvalue weighted by molar-refractivity contribution is -0.385. The maximum absolute atomic E-state index is 13.0. The van der Waals surface area contributed by atoms with E-state index in [1.54, 1.807) is 30.3 Å². The van der Waals surface area contributed by atoms with Crippen molar-refractivity contribution in [2.24, 2.45) is 0 Å². The number of carbonyl (C=O) groups is 1. The second kappa shape index (κ2) is 11.8. The van der Waals surface area contributed by atoms with Crippen LogP contribution in [0, 0.1) is 15.9 Å². The van der Waals surface area contributed by atoms with Crippen LogP contribution < -0.4 is 0 Å². The van der Waals surface area contributed by atoms with Crippen molar-refractivity contribution in [3.8, 4) is 0 Å². The number of nitro benzene ring substituents is 1. The minimum absolute atomic E-state index is 0. The molecule has 1 aliphatic heterocycles. The van der Waals surface area contributed by atoms with E-state index in [9.17, 15) is 19.3 Å². The van der Waals surface area contributed by atoms with Crippen molar-refractivity contribution in [2.75, 3.05) is 32.7 Å². The number of halogens is 3. The van der Waals surface area contributed by atoms with Gasteiger partial charge in [-0.25, -0.2) is 4.39 Å². The number of para-hydroxylation sites is 1. The zero-order valence-electron chi connectivity index (χ0n) is 15.8. The molecule has 1 fully saturated rings. The van der Waals surface area contributed by atoms with Gasteiger partial charge in [-0.3, -0.25) is 24.7 Å². The van der Waals surface area contributed by atoms with Gasteiger partial charge < -0.3 is 0 Å². The molecule has 2 aromatic carbocycles. The molecule has 6 nitrogen and oxygen atoms in total. The highest BCUT2D eigenvalue weighted by atomic mass is 35.5. The van der Waals surface area contributed by atoms with E-state index in [4.69, 9.17) is 0 Å². The highest BCUT2D eigenvalue weighted by Crippen LogP contribution is 2.18. The molecule has 158 valence electrons. The predicted octanol–water partition coefficient (Wildman–Crippen LogP) is 3.51. The largest absolute Gasteiger partial charge is 0.298 e. The first-order valence-electron chi connectivity index (χ1n) is 8.94. The molecular weight excluding hydrogens is 420 g/mol. The van der Waals surface area contributed by atoms with Crippen molar-refractivity contribution in [1.29, 1.82) is 0 Å². The quantitative estimate of drug-likeness (QED) is 0.483. The van der Waals surface area contributed by atoms with E-state index in [1.165, 1.54) is 18.2 Å². The molecule has 0 bridgehead atoms. The lowest BCUT2D eigenvalue weighted by Crippen LogP contribution is -2.47. The Labute approximate surface area is 181 Å². The molecule has 0 N–H and O–H groups in total. The summed E-state index contributed by atoms with van der Waals surface area (Å²) in [5, 5.41) is 11.1. The van der Waals surface area contributed by atoms with Crippen molar-refractivity contribution >= 4 is 36.3 Å². The molecule has 0 atom stereocenters. The van der Waals surface area contributed by atoms with Gasteiger partial charge in [0.2, 0.25) is 0 Å². The van der Waals surface area contributed by atoms with Gasteiger partial charge in [-0.2, -0.15) is 0 Å². The summed E-state index contributed by atoms with van der Waals surface area (Å²) >= 11 is 0. The number of nitrogens with zero attached hydrogens (tertiary/aromatic N) is 3. The molecule has 0 unspecified atom stereocenters. The fourth-order valence-corrected chi connectivity index (χ4v) is 3.31. The average Bonchev–Trinajstić information content (AvgIpc) is 2.65. The molecular formula is C20H24Cl2FN3O3. The summed E-state index contributed by atoms with van der Waals surface area (Å²) in [5.74, 6) is -0.253. The average molecular weight is 444 g/mol. The third kappa shape index (κ3) is 7.36. The van der Waals surface area contributed by atoms with E-state index in [0.717, 1.165) is 38.3 Å². The van der Waals surface area contributed by atoms with Crippen LogP contribution in [0.1, 0.15) is 11.1 Å². The third-order valence-electron chi connectivity index (χ3n) is 4.76. The molecule has 1 saturated heterocycles. The second-order valence-corrected chi connectivity index (χ2v) is 6.78. The molecule has 0 spiro atoms. The van der Waals surface area contributed by atoms with Crippen molar-refractivity contribution in [2.45, 2.75) is 13.0 Å². The minimum Gasteiger partial charge on any atom is -0.298 e. The highest BCUT2D eigenvalue weighted by molar-refractivity contribution is 5.85. The van der Waals surface area contributed by atoms with Crippen LogP contribution in [-0.4, -0.2) is 53.2 Å². The number of piperazine rings is 1. The zero-order valence-corrected chi connectivity index (χ0v) is 17.5. The van der Waals surface area contributed by atoms with E-state index in [-0.39, 0.29) is 48.5 Å². The fraction of sp³-hybridized carbons (Fsp3) is 0.350. The maximum atomic E-state index is 13.0. The number of rotatable bonds is 7. The van der Waals surface area contributed by atoms with Crippen LogP contribution in [0.5, 0.6) is 0 Å². The number of ketones is 1. The SMILES string of the molecule is Cl.Cl.O=C(Cc1ccccc1[N+](=O)[O-])CN1CCN(Cc2ccc(F)cc2)CC1. The summed E-state index contributed by atoms with van der Waals surface area (Å²) in [4.78, 5) is 27.3. The Balaban J connectivity index is 0.00000210. The normalized spacial score (nSPS) is 14.5. The summed E-state index contributed by atoms with van der Waals surface area (Å²) in [5.41, 5.74) is 1.52. The van der Waals surface area contributed by atoms with Crippen molar-refractivity contribution < 1.29 is 14.1 Å². The first-order chi connectivity index (χ1) is 13.0. The molecule has 0 aliphatic carbocycles. The summed E-state index contributed by atoms with van der Waals surface area (Å²) in [7, 11) is 0. The van der Waals surface area contributed by atoms with Crippen molar-refractivity contribution in [3.63, 3.8) is 0 Å². The number of nitro groups is 1. The van der Waals surface area contributed by atoms with Crippen molar-refractivity contribution in [3.05, 3.63) is 75.6 Å². The molecule has 0 aromatic heterocycles. The first kappa shape index (κ1) is 25.0. The Morgan fingerprint density at radius 1 is 0.966 bits per heavy atom. The van der Waals surface area contributed by atoms with E-state index >= 15 is 0 Å². The Hall–Kier alpha value is -2.06. The molecule has 1 aliphatic rings. The lowest BCUT2D eigenvalue weighted by atomic mass is 10.1. The van der Waals surface area contributed by atoms with E-state index in [2.05, 4.69) is 9.80 Å². The topological polar surface area (TPSA) is 66.7 Å². The van der Waals surface area contributed by atoms with Gasteiger partial charge in [0.05, 0.1) is 11.5 Å². The monoisotopic (exact) mass is 443 g/mol. The van der Waals surface area contributed by atoms with Crippen LogP contribution in [0.25, 0.3) is 0 Å². The second-order valence-electron chi connectivity index (χ2n) is 6.78. The smallest absolute Gasteiger partial charge is 0.273 e. The van der Waals surface area contributed by atoms with Crippen LogP contribution in [-0.2, 0) is 17.8 Å². The zero-order chi connectivity index (χ0) is 19.2. The predicted molar refractivity (Wildman–Crippen MR) is 114 cm³/mol. The molecule has 9 heteroatoms. The summed E-state index contributed by atoms with van der Waals surface area (Å²) in [6, 6.07) is 12.9. The number of hydrogen-bond donors (Lipinski definition) is 0. The highest BCUT2D eigenvalue weighted by Gasteiger charge is 2.21.